The molecule has 0 bridgehead atoms. The van der Waals surface area contributed by atoms with E-state index in [2.05, 4.69) is 31.9 Å². The number of hydrogen-bond donors (Lipinski definition) is 0. The molecule has 4 heteroatoms. The van der Waals surface area contributed by atoms with Crippen molar-refractivity contribution < 1.29 is 9.53 Å². The summed E-state index contributed by atoms with van der Waals surface area (Å²) in [5.41, 5.74) is 3.65. The Bertz CT molecular complexity index is 645. The Balaban J connectivity index is 1.99. The first-order chi connectivity index (χ1) is 9.13. The van der Waals surface area contributed by atoms with E-state index in [0.717, 1.165) is 14.5 Å². The third-order valence-electron chi connectivity index (χ3n) is 3.11. The standard InChI is InChI=1S/C15H10Br2O2/c16-13-4-11(5-14(17)6-13)15(18)9-1-2-10-7-19-8-12(10)3-9/h1-6H,7-8H2. The minimum absolute atomic E-state index is 0.0247. The fraction of sp³-hybridized carbons (Fsp3) is 0.133. The van der Waals surface area contributed by atoms with Crippen LogP contribution in [0.25, 0.3) is 0 Å². The predicted octanol–water partition coefficient (Wildman–Crippen LogP) is 4.47. The van der Waals surface area contributed by atoms with Gasteiger partial charge in [0.15, 0.2) is 5.78 Å². The molecular weight excluding hydrogens is 372 g/mol. The van der Waals surface area contributed by atoms with E-state index >= 15 is 0 Å². The highest BCUT2D eigenvalue weighted by Gasteiger charge is 2.16. The fourth-order valence-electron chi connectivity index (χ4n) is 2.16. The average molecular weight is 382 g/mol. The molecule has 0 unspecified atom stereocenters. The van der Waals surface area contributed by atoms with Crippen LogP contribution in [-0.4, -0.2) is 5.78 Å². The van der Waals surface area contributed by atoms with Gasteiger partial charge in [-0.15, -0.1) is 0 Å². The zero-order chi connectivity index (χ0) is 13.4. The Labute approximate surface area is 128 Å². The van der Waals surface area contributed by atoms with Gasteiger partial charge in [-0.25, -0.2) is 0 Å². The number of carbonyl (C=O) groups excluding carboxylic acids is 1. The van der Waals surface area contributed by atoms with Crippen molar-refractivity contribution in [2.45, 2.75) is 13.2 Å². The molecule has 1 aliphatic rings. The molecule has 1 aliphatic heterocycles. The van der Waals surface area contributed by atoms with Crippen LogP contribution < -0.4 is 0 Å². The quantitative estimate of drug-likeness (QED) is 0.717. The number of ether oxygens (including phenoxy) is 1. The van der Waals surface area contributed by atoms with Crippen LogP contribution in [0.3, 0.4) is 0 Å². The summed E-state index contributed by atoms with van der Waals surface area (Å²) in [4.78, 5) is 12.5. The molecule has 2 aromatic rings. The summed E-state index contributed by atoms with van der Waals surface area (Å²) in [7, 11) is 0. The van der Waals surface area contributed by atoms with E-state index in [4.69, 9.17) is 4.74 Å². The smallest absolute Gasteiger partial charge is 0.193 e. The molecule has 0 amide bonds. The van der Waals surface area contributed by atoms with E-state index < -0.39 is 0 Å². The number of benzene rings is 2. The van der Waals surface area contributed by atoms with Crippen molar-refractivity contribution in [3.8, 4) is 0 Å². The van der Waals surface area contributed by atoms with E-state index in [1.807, 2.05) is 36.4 Å². The van der Waals surface area contributed by atoms with Crippen LogP contribution in [-0.2, 0) is 18.0 Å². The second kappa shape index (κ2) is 5.19. The maximum atomic E-state index is 12.5. The summed E-state index contributed by atoms with van der Waals surface area (Å²) in [6.07, 6.45) is 0. The van der Waals surface area contributed by atoms with E-state index in [1.165, 1.54) is 5.56 Å². The van der Waals surface area contributed by atoms with Crippen LogP contribution in [0.15, 0.2) is 45.3 Å². The van der Waals surface area contributed by atoms with Crippen LogP contribution in [0.1, 0.15) is 27.0 Å². The molecule has 0 fully saturated rings. The topological polar surface area (TPSA) is 26.3 Å². The molecule has 96 valence electrons. The third-order valence-corrected chi connectivity index (χ3v) is 4.02. The maximum absolute atomic E-state index is 12.5. The lowest BCUT2D eigenvalue weighted by molar-refractivity contribution is 0.103. The van der Waals surface area contributed by atoms with Gasteiger partial charge >= 0.3 is 0 Å². The summed E-state index contributed by atoms with van der Waals surface area (Å²) < 4.78 is 7.14. The predicted molar refractivity (Wildman–Crippen MR) is 80.2 cm³/mol. The average Bonchev–Trinajstić information content (AvgIpc) is 2.83. The number of carbonyl (C=O) groups is 1. The Morgan fingerprint density at radius 3 is 2.32 bits per heavy atom. The van der Waals surface area contributed by atoms with E-state index in [1.54, 1.807) is 0 Å². The van der Waals surface area contributed by atoms with Crippen molar-refractivity contribution >= 4 is 37.6 Å². The van der Waals surface area contributed by atoms with Gasteiger partial charge in [-0.3, -0.25) is 4.79 Å². The number of fused-ring (bicyclic) bond motifs is 1. The summed E-state index contributed by atoms with van der Waals surface area (Å²) in [6.45, 7) is 1.24. The van der Waals surface area contributed by atoms with Crippen molar-refractivity contribution in [3.63, 3.8) is 0 Å². The number of halogens is 2. The van der Waals surface area contributed by atoms with Crippen molar-refractivity contribution in [1.29, 1.82) is 0 Å². The van der Waals surface area contributed by atoms with Crippen molar-refractivity contribution in [2.24, 2.45) is 0 Å². The lowest BCUT2D eigenvalue weighted by atomic mass is 9.99. The second-order valence-corrected chi connectivity index (χ2v) is 6.29. The zero-order valence-electron chi connectivity index (χ0n) is 9.95. The second-order valence-electron chi connectivity index (χ2n) is 4.46. The Hall–Kier alpha value is -0.970. The largest absolute Gasteiger partial charge is 0.372 e. The summed E-state index contributed by atoms with van der Waals surface area (Å²) in [6, 6.07) is 11.3. The van der Waals surface area contributed by atoms with Gasteiger partial charge in [0.05, 0.1) is 13.2 Å². The Kier molecular flexibility index (Phi) is 3.56. The first-order valence-electron chi connectivity index (χ1n) is 5.84. The zero-order valence-corrected chi connectivity index (χ0v) is 13.1. The SMILES string of the molecule is O=C(c1cc(Br)cc(Br)c1)c1ccc2c(c1)COC2. The van der Waals surface area contributed by atoms with Crippen LogP contribution >= 0.6 is 31.9 Å². The molecule has 0 saturated heterocycles. The van der Waals surface area contributed by atoms with Gasteiger partial charge in [-0.2, -0.15) is 0 Å². The van der Waals surface area contributed by atoms with Crippen molar-refractivity contribution in [3.05, 3.63) is 67.6 Å². The molecule has 0 radical (unpaired) electrons. The van der Waals surface area contributed by atoms with Gasteiger partial charge in [0, 0.05) is 20.1 Å². The lowest BCUT2D eigenvalue weighted by Crippen LogP contribution is -2.02. The molecule has 2 nitrogen and oxygen atoms in total. The monoisotopic (exact) mass is 380 g/mol. The van der Waals surface area contributed by atoms with Gasteiger partial charge in [0.2, 0.25) is 0 Å². The highest BCUT2D eigenvalue weighted by Crippen LogP contribution is 2.25. The summed E-state index contributed by atoms with van der Waals surface area (Å²) in [5, 5.41) is 0. The van der Waals surface area contributed by atoms with E-state index in [0.29, 0.717) is 24.3 Å². The molecule has 0 N–H and O–H groups in total. The van der Waals surface area contributed by atoms with Gasteiger partial charge in [0.1, 0.15) is 0 Å². The first-order valence-corrected chi connectivity index (χ1v) is 7.42. The van der Waals surface area contributed by atoms with Crippen LogP contribution in [0.4, 0.5) is 0 Å². The number of rotatable bonds is 2. The molecule has 2 aromatic carbocycles. The highest BCUT2D eigenvalue weighted by atomic mass is 79.9. The van der Waals surface area contributed by atoms with Gasteiger partial charge in [-0.05, 0) is 35.4 Å². The molecule has 3 rings (SSSR count). The molecule has 0 atom stereocenters. The third kappa shape index (κ3) is 2.66. The minimum atomic E-state index is 0.0247. The molecule has 0 aromatic heterocycles. The van der Waals surface area contributed by atoms with E-state index in [9.17, 15) is 4.79 Å². The minimum Gasteiger partial charge on any atom is -0.372 e. The molecule has 0 saturated carbocycles. The van der Waals surface area contributed by atoms with E-state index in [-0.39, 0.29) is 5.78 Å². The number of hydrogen-bond acceptors (Lipinski definition) is 2. The summed E-state index contributed by atoms with van der Waals surface area (Å²) in [5.74, 6) is 0.0247. The molecule has 0 aliphatic carbocycles. The summed E-state index contributed by atoms with van der Waals surface area (Å²) >= 11 is 6.80. The van der Waals surface area contributed by atoms with Gasteiger partial charge < -0.3 is 4.74 Å². The molecule has 19 heavy (non-hydrogen) atoms. The molecule has 1 heterocycles. The van der Waals surface area contributed by atoms with Crippen molar-refractivity contribution in [1.82, 2.24) is 0 Å². The maximum Gasteiger partial charge on any atom is 0.193 e. The molecule has 0 spiro atoms. The van der Waals surface area contributed by atoms with Gasteiger partial charge in [-0.1, -0.05) is 44.0 Å². The van der Waals surface area contributed by atoms with Crippen molar-refractivity contribution in [2.75, 3.05) is 0 Å². The van der Waals surface area contributed by atoms with Gasteiger partial charge in [0.25, 0.3) is 0 Å². The Morgan fingerprint density at radius 2 is 1.58 bits per heavy atom. The van der Waals surface area contributed by atoms with Crippen LogP contribution in [0.2, 0.25) is 0 Å². The fourth-order valence-corrected chi connectivity index (χ4v) is 3.46. The van der Waals surface area contributed by atoms with Crippen LogP contribution in [0, 0.1) is 0 Å². The Morgan fingerprint density at radius 1 is 0.895 bits per heavy atom. The number of ketones is 1. The highest BCUT2D eigenvalue weighted by molar-refractivity contribution is 9.11. The first kappa shape index (κ1) is 13.0. The normalized spacial score (nSPS) is 13.4. The lowest BCUT2D eigenvalue weighted by Gasteiger charge is -2.05. The van der Waals surface area contributed by atoms with Crippen LogP contribution in [0.5, 0.6) is 0 Å². The molecular formula is C15H10Br2O2.